The van der Waals surface area contributed by atoms with Crippen molar-refractivity contribution in [2.45, 2.75) is 11.2 Å². The lowest BCUT2D eigenvalue weighted by molar-refractivity contribution is -0.140. The second kappa shape index (κ2) is 4.51. The van der Waals surface area contributed by atoms with Crippen LogP contribution in [0, 0.1) is 0 Å². The van der Waals surface area contributed by atoms with E-state index in [9.17, 15) is 21.6 Å². The molecule has 7 nitrogen and oxygen atoms in total. The van der Waals surface area contributed by atoms with E-state index in [0.29, 0.717) is 0 Å². The van der Waals surface area contributed by atoms with E-state index >= 15 is 0 Å². The molecule has 110 valence electrons. The lowest BCUT2D eigenvalue weighted by atomic mass is 10.4. The van der Waals surface area contributed by atoms with Crippen LogP contribution in [0.4, 0.5) is 18.9 Å². The third kappa shape index (κ3) is 2.76. The number of imidazole rings is 1. The molecular formula is C9H10F3N5O2S. The van der Waals surface area contributed by atoms with Gasteiger partial charge in [-0.2, -0.15) is 26.7 Å². The molecule has 20 heavy (non-hydrogen) atoms. The molecule has 0 bridgehead atoms. The van der Waals surface area contributed by atoms with Gasteiger partial charge in [-0.05, 0) is 0 Å². The van der Waals surface area contributed by atoms with Crippen LogP contribution in [0.15, 0.2) is 23.7 Å². The van der Waals surface area contributed by atoms with Gasteiger partial charge in [-0.3, -0.25) is 9.40 Å². The molecule has 0 aliphatic carbocycles. The molecule has 0 aliphatic rings. The van der Waals surface area contributed by atoms with Crippen LogP contribution in [0.3, 0.4) is 0 Å². The summed E-state index contributed by atoms with van der Waals surface area (Å²) in [4.78, 5) is 3.59. The predicted octanol–water partition coefficient (Wildman–Crippen LogP) is 0.973. The normalized spacial score (nSPS) is 12.7. The van der Waals surface area contributed by atoms with Crippen LogP contribution < -0.4 is 4.72 Å². The maximum atomic E-state index is 12.7. The van der Waals surface area contributed by atoms with Crippen molar-refractivity contribution in [3.8, 4) is 0 Å². The van der Waals surface area contributed by atoms with E-state index in [0.717, 1.165) is 10.9 Å². The number of nitrogens with zero attached hydrogens (tertiary/aromatic N) is 4. The first-order valence-electron chi connectivity index (χ1n) is 5.21. The molecule has 0 aromatic carbocycles. The molecule has 0 aliphatic heterocycles. The molecule has 2 heterocycles. The van der Waals surface area contributed by atoms with Crippen molar-refractivity contribution < 1.29 is 21.6 Å². The maximum Gasteiger partial charge on any atom is 0.437 e. The van der Waals surface area contributed by atoms with Crippen molar-refractivity contribution in [1.82, 2.24) is 19.3 Å². The molecule has 2 aromatic rings. The average Bonchev–Trinajstić information content (AvgIpc) is 2.84. The van der Waals surface area contributed by atoms with Gasteiger partial charge in [0.15, 0.2) is 10.7 Å². The lowest BCUT2D eigenvalue weighted by Gasteiger charge is -2.07. The topological polar surface area (TPSA) is 81.8 Å². The average molecular weight is 309 g/mol. The Balaban J connectivity index is 2.40. The number of hydrogen-bond acceptors (Lipinski definition) is 4. The van der Waals surface area contributed by atoms with Gasteiger partial charge in [-0.15, -0.1) is 0 Å². The predicted molar refractivity (Wildman–Crippen MR) is 62.2 cm³/mol. The van der Waals surface area contributed by atoms with Crippen LogP contribution in [-0.4, -0.2) is 27.7 Å². The minimum absolute atomic E-state index is 0.378. The van der Waals surface area contributed by atoms with Gasteiger partial charge in [-0.1, -0.05) is 0 Å². The first-order chi connectivity index (χ1) is 9.09. The molecule has 0 radical (unpaired) electrons. The molecule has 0 saturated carbocycles. The molecule has 1 N–H and O–H groups in total. The quantitative estimate of drug-likeness (QED) is 0.916. The number of halogens is 3. The zero-order valence-corrected chi connectivity index (χ0v) is 11.2. The molecule has 2 rings (SSSR count). The van der Waals surface area contributed by atoms with Crippen LogP contribution in [-0.2, 0) is 30.3 Å². The fourth-order valence-electron chi connectivity index (χ4n) is 1.50. The SMILES string of the molecule is Cn1cnc(S(=O)(=O)Nc2cn(C)nc2C(F)(F)F)c1. The van der Waals surface area contributed by atoms with E-state index in [-0.39, 0.29) is 5.03 Å². The second-order valence-electron chi connectivity index (χ2n) is 4.05. The van der Waals surface area contributed by atoms with Gasteiger partial charge in [0.05, 0.1) is 12.0 Å². The summed E-state index contributed by atoms with van der Waals surface area (Å²) in [6.45, 7) is 0. The van der Waals surface area contributed by atoms with E-state index in [2.05, 4.69) is 10.1 Å². The molecule has 11 heteroatoms. The van der Waals surface area contributed by atoms with Gasteiger partial charge in [-0.25, -0.2) is 4.98 Å². The number of aryl methyl sites for hydroxylation is 2. The van der Waals surface area contributed by atoms with Crippen molar-refractivity contribution in [1.29, 1.82) is 0 Å². The van der Waals surface area contributed by atoms with Crippen molar-refractivity contribution in [2.24, 2.45) is 14.1 Å². The molecule has 0 fully saturated rings. The molecule has 0 atom stereocenters. The summed E-state index contributed by atoms with van der Waals surface area (Å²) in [5, 5.41) is 2.83. The zero-order chi connectivity index (χ0) is 15.1. The summed E-state index contributed by atoms with van der Waals surface area (Å²) in [6.07, 6.45) is -1.43. The van der Waals surface area contributed by atoms with E-state index in [1.54, 1.807) is 0 Å². The molecular weight excluding hydrogens is 299 g/mol. The van der Waals surface area contributed by atoms with Gasteiger partial charge in [0, 0.05) is 26.5 Å². The molecule has 0 spiro atoms. The van der Waals surface area contributed by atoms with Crippen LogP contribution in [0.5, 0.6) is 0 Å². The largest absolute Gasteiger partial charge is 0.437 e. The highest BCUT2D eigenvalue weighted by atomic mass is 32.2. The number of sulfonamides is 1. The third-order valence-electron chi connectivity index (χ3n) is 2.30. The standard InChI is InChI=1S/C9H10F3N5O2S/c1-16-4-7(13-5-16)20(18,19)15-6-3-17(2)14-8(6)9(10,11)12/h3-5,15H,1-2H3. The highest BCUT2D eigenvalue weighted by Crippen LogP contribution is 2.34. The number of anilines is 1. The monoisotopic (exact) mass is 309 g/mol. The Morgan fingerprint density at radius 1 is 1.25 bits per heavy atom. The minimum atomic E-state index is -4.76. The Kier molecular flexibility index (Phi) is 3.24. The summed E-state index contributed by atoms with van der Waals surface area (Å²) < 4.78 is 66.0. The van der Waals surface area contributed by atoms with Crippen LogP contribution in [0.2, 0.25) is 0 Å². The minimum Gasteiger partial charge on any atom is -0.339 e. The summed E-state index contributed by atoms with van der Waals surface area (Å²) in [5.74, 6) is 0. The Hall–Kier alpha value is -2.04. The van der Waals surface area contributed by atoms with Crippen molar-refractivity contribution in [2.75, 3.05) is 4.72 Å². The maximum absolute atomic E-state index is 12.7. The smallest absolute Gasteiger partial charge is 0.339 e. The summed E-state index contributed by atoms with van der Waals surface area (Å²) in [5.41, 5.74) is -1.95. The van der Waals surface area contributed by atoms with Crippen LogP contribution in [0.1, 0.15) is 5.69 Å². The van der Waals surface area contributed by atoms with Gasteiger partial charge in [0.25, 0.3) is 10.0 Å². The van der Waals surface area contributed by atoms with Gasteiger partial charge < -0.3 is 4.57 Å². The fourth-order valence-corrected chi connectivity index (χ4v) is 2.53. The van der Waals surface area contributed by atoms with E-state index < -0.39 is 27.6 Å². The second-order valence-corrected chi connectivity index (χ2v) is 5.67. The van der Waals surface area contributed by atoms with E-state index in [1.807, 2.05) is 4.72 Å². The summed E-state index contributed by atoms with van der Waals surface area (Å²) >= 11 is 0. The number of alkyl halides is 3. The first-order valence-corrected chi connectivity index (χ1v) is 6.69. The molecule has 0 saturated heterocycles. The number of rotatable bonds is 3. The summed E-state index contributed by atoms with van der Waals surface area (Å²) in [6, 6.07) is 0. The molecule has 2 aromatic heterocycles. The number of hydrogen-bond donors (Lipinski definition) is 1. The van der Waals surface area contributed by atoms with Crippen molar-refractivity contribution in [3.05, 3.63) is 24.4 Å². The first kappa shape index (κ1) is 14.4. The Bertz CT molecular complexity index is 731. The Morgan fingerprint density at radius 2 is 1.90 bits per heavy atom. The zero-order valence-electron chi connectivity index (χ0n) is 10.4. The highest BCUT2D eigenvalue weighted by molar-refractivity contribution is 7.92. The molecule has 0 amide bonds. The fraction of sp³-hybridized carbons (Fsp3) is 0.333. The Morgan fingerprint density at radius 3 is 2.40 bits per heavy atom. The van der Waals surface area contributed by atoms with E-state index in [4.69, 9.17) is 0 Å². The van der Waals surface area contributed by atoms with Crippen molar-refractivity contribution >= 4 is 15.7 Å². The lowest BCUT2D eigenvalue weighted by Crippen LogP contribution is -2.17. The van der Waals surface area contributed by atoms with Crippen LogP contribution >= 0.6 is 0 Å². The van der Waals surface area contributed by atoms with Crippen molar-refractivity contribution in [3.63, 3.8) is 0 Å². The third-order valence-corrected chi connectivity index (χ3v) is 3.55. The number of nitrogens with one attached hydrogen (secondary N) is 1. The molecule has 0 unspecified atom stereocenters. The van der Waals surface area contributed by atoms with Gasteiger partial charge in [0.1, 0.15) is 0 Å². The highest BCUT2D eigenvalue weighted by Gasteiger charge is 2.38. The Labute approximate surface area is 112 Å². The summed E-state index contributed by atoms with van der Waals surface area (Å²) in [7, 11) is -1.40. The van der Waals surface area contributed by atoms with Gasteiger partial charge in [0.2, 0.25) is 0 Å². The van der Waals surface area contributed by atoms with Gasteiger partial charge >= 0.3 is 6.18 Å². The van der Waals surface area contributed by atoms with E-state index in [1.165, 1.54) is 31.2 Å². The number of aromatic nitrogens is 4. The van der Waals surface area contributed by atoms with Crippen LogP contribution in [0.25, 0.3) is 0 Å².